The highest BCUT2D eigenvalue weighted by Gasteiger charge is 2.30. The van der Waals surface area contributed by atoms with E-state index >= 15 is 0 Å². The molecule has 2 N–H and O–H groups in total. The Labute approximate surface area is 201 Å². The summed E-state index contributed by atoms with van der Waals surface area (Å²) in [7, 11) is 0. The quantitative estimate of drug-likeness (QED) is 0.504. The molecule has 1 aliphatic rings. The zero-order valence-corrected chi connectivity index (χ0v) is 18.9. The number of rotatable bonds is 7. The normalized spacial score (nSPS) is 13.6. The van der Waals surface area contributed by atoms with Crippen LogP contribution in [0.1, 0.15) is 50.4 Å². The minimum absolute atomic E-state index is 0.115. The van der Waals surface area contributed by atoms with Crippen molar-refractivity contribution in [2.45, 2.75) is 32.1 Å². The minimum Gasteiger partial charge on any atom is -0.339 e. The molecule has 1 aromatic heterocycles. The van der Waals surface area contributed by atoms with Crippen LogP contribution in [0, 0.1) is 0 Å². The highest BCUT2D eigenvalue weighted by Crippen LogP contribution is 2.29. The Morgan fingerprint density at radius 3 is 2.40 bits per heavy atom. The van der Waals surface area contributed by atoms with Crippen LogP contribution in [0.3, 0.4) is 0 Å². The first-order valence-electron chi connectivity index (χ1n) is 11.3. The molecule has 9 heteroatoms. The smallest absolute Gasteiger partial charge is 0.339 e. The number of aromatic nitrogens is 1. The largest absolute Gasteiger partial charge is 0.416 e. The molecule has 3 aromatic rings. The number of amides is 2. The molecule has 1 fully saturated rings. The Morgan fingerprint density at radius 2 is 1.69 bits per heavy atom. The summed E-state index contributed by atoms with van der Waals surface area (Å²) in [6.45, 7) is 1.88. The fourth-order valence-corrected chi connectivity index (χ4v) is 3.99. The van der Waals surface area contributed by atoms with Gasteiger partial charge in [0.15, 0.2) is 0 Å². The number of nitrogens with zero attached hydrogens (tertiary/aromatic N) is 2. The van der Waals surface area contributed by atoms with E-state index in [4.69, 9.17) is 0 Å². The third kappa shape index (κ3) is 6.45. The molecule has 35 heavy (non-hydrogen) atoms. The summed E-state index contributed by atoms with van der Waals surface area (Å²) in [6, 6.07) is 15.3. The number of halogens is 3. The maximum Gasteiger partial charge on any atom is 0.416 e. The van der Waals surface area contributed by atoms with Gasteiger partial charge in [-0.1, -0.05) is 24.3 Å². The van der Waals surface area contributed by atoms with Crippen molar-refractivity contribution >= 4 is 17.5 Å². The second-order valence-corrected chi connectivity index (χ2v) is 8.39. The van der Waals surface area contributed by atoms with Gasteiger partial charge >= 0.3 is 6.18 Å². The van der Waals surface area contributed by atoms with E-state index in [0.717, 1.165) is 30.5 Å². The van der Waals surface area contributed by atoms with Crippen LogP contribution < -0.4 is 10.6 Å². The molecule has 2 heterocycles. The summed E-state index contributed by atoms with van der Waals surface area (Å²) in [5.74, 6) is -0.519. The first-order valence-corrected chi connectivity index (χ1v) is 11.3. The van der Waals surface area contributed by atoms with Crippen molar-refractivity contribution in [3.05, 3.63) is 94.8 Å². The van der Waals surface area contributed by atoms with E-state index < -0.39 is 17.6 Å². The molecule has 1 aliphatic heterocycles. The third-order valence-corrected chi connectivity index (χ3v) is 5.70. The average molecular weight is 483 g/mol. The average Bonchev–Trinajstić information content (AvgIpc) is 3.39. The van der Waals surface area contributed by atoms with Crippen molar-refractivity contribution in [3.8, 4) is 0 Å². The number of benzene rings is 2. The van der Waals surface area contributed by atoms with Crippen molar-refractivity contribution in [1.29, 1.82) is 0 Å². The SMILES string of the molecule is O=C(Nc1cc(CNCc2cccc(C(F)(F)F)c2)cc(C(=O)N2CCCC2)c1)c1ccccn1. The molecule has 0 spiro atoms. The molecule has 0 aliphatic carbocycles. The maximum absolute atomic E-state index is 13.0. The maximum atomic E-state index is 13.0. The lowest BCUT2D eigenvalue weighted by Gasteiger charge is -2.17. The van der Waals surface area contributed by atoms with E-state index in [1.165, 1.54) is 12.3 Å². The van der Waals surface area contributed by atoms with Crippen LogP contribution in [-0.2, 0) is 19.3 Å². The molecule has 2 amide bonds. The fraction of sp³-hybridized carbons (Fsp3) is 0.269. The van der Waals surface area contributed by atoms with Gasteiger partial charge in [-0.25, -0.2) is 0 Å². The monoisotopic (exact) mass is 482 g/mol. The minimum atomic E-state index is -4.40. The number of likely N-dealkylation sites (tertiary alicyclic amines) is 1. The number of anilines is 1. The van der Waals surface area contributed by atoms with Crippen LogP contribution >= 0.6 is 0 Å². The molecule has 2 aromatic carbocycles. The predicted molar refractivity (Wildman–Crippen MR) is 126 cm³/mol. The van der Waals surface area contributed by atoms with E-state index in [1.807, 2.05) is 0 Å². The number of hydrogen-bond acceptors (Lipinski definition) is 4. The summed E-state index contributed by atoms with van der Waals surface area (Å²) in [5.41, 5.74) is 1.65. The van der Waals surface area contributed by atoms with Crippen molar-refractivity contribution in [1.82, 2.24) is 15.2 Å². The number of nitrogens with one attached hydrogen (secondary N) is 2. The molecule has 182 valence electrons. The van der Waals surface area contributed by atoms with Crippen molar-refractivity contribution < 1.29 is 22.8 Å². The first-order chi connectivity index (χ1) is 16.8. The van der Waals surface area contributed by atoms with Crippen LogP contribution in [0.2, 0.25) is 0 Å². The lowest BCUT2D eigenvalue weighted by molar-refractivity contribution is -0.137. The van der Waals surface area contributed by atoms with E-state index in [0.29, 0.717) is 36.4 Å². The fourth-order valence-electron chi connectivity index (χ4n) is 3.99. The number of carbonyl (C=O) groups excluding carboxylic acids is 2. The molecule has 1 saturated heterocycles. The Bertz CT molecular complexity index is 1190. The van der Waals surface area contributed by atoms with Gasteiger partial charge < -0.3 is 15.5 Å². The van der Waals surface area contributed by atoms with Gasteiger partial charge in [-0.2, -0.15) is 13.2 Å². The lowest BCUT2D eigenvalue weighted by atomic mass is 10.1. The molecule has 6 nitrogen and oxygen atoms in total. The highest BCUT2D eigenvalue weighted by atomic mass is 19.4. The third-order valence-electron chi connectivity index (χ3n) is 5.70. The number of hydrogen-bond donors (Lipinski definition) is 2. The zero-order valence-electron chi connectivity index (χ0n) is 18.9. The first kappa shape index (κ1) is 24.4. The number of alkyl halides is 3. The van der Waals surface area contributed by atoms with Crippen LogP contribution in [0.4, 0.5) is 18.9 Å². The van der Waals surface area contributed by atoms with Gasteiger partial charge in [-0.05, 0) is 60.4 Å². The van der Waals surface area contributed by atoms with E-state index in [2.05, 4.69) is 15.6 Å². The molecule has 4 rings (SSSR count). The predicted octanol–water partition coefficient (Wildman–Crippen LogP) is 4.88. The topological polar surface area (TPSA) is 74.3 Å². The van der Waals surface area contributed by atoms with Gasteiger partial charge in [0, 0.05) is 43.6 Å². The second-order valence-electron chi connectivity index (χ2n) is 8.39. The number of pyridine rings is 1. The lowest BCUT2D eigenvalue weighted by Crippen LogP contribution is -2.28. The number of carbonyl (C=O) groups is 2. The summed E-state index contributed by atoms with van der Waals surface area (Å²) >= 11 is 0. The van der Waals surface area contributed by atoms with E-state index in [-0.39, 0.29) is 18.1 Å². The standard InChI is InChI=1S/C26H25F3N4O2/c27-26(28,29)21-7-5-6-18(13-21)16-30-17-19-12-20(25(35)33-10-3-4-11-33)15-22(14-19)32-24(34)23-8-1-2-9-31-23/h1-2,5-9,12-15,30H,3-4,10-11,16-17H2,(H,32,34). The van der Waals surface area contributed by atoms with Gasteiger partial charge in [0.2, 0.25) is 0 Å². The Hall–Kier alpha value is -3.72. The van der Waals surface area contributed by atoms with Gasteiger partial charge in [0.25, 0.3) is 11.8 Å². The van der Waals surface area contributed by atoms with E-state index in [9.17, 15) is 22.8 Å². The zero-order chi connectivity index (χ0) is 24.8. The van der Waals surface area contributed by atoms with Crippen LogP contribution in [0.5, 0.6) is 0 Å². The molecular formula is C26H25F3N4O2. The summed E-state index contributed by atoms with van der Waals surface area (Å²) in [6.07, 6.45) is -0.979. The molecule has 0 bridgehead atoms. The molecule has 0 unspecified atom stereocenters. The van der Waals surface area contributed by atoms with Crippen LogP contribution in [0.15, 0.2) is 66.9 Å². The molecule has 0 saturated carbocycles. The van der Waals surface area contributed by atoms with E-state index in [1.54, 1.807) is 47.4 Å². The molecular weight excluding hydrogens is 457 g/mol. The van der Waals surface area contributed by atoms with Gasteiger partial charge in [0.05, 0.1) is 5.56 Å². The van der Waals surface area contributed by atoms with Crippen molar-refractivity contribution in [2.75, 3.05) is 18.4 Å². The summed E-state index contributed by atoms with van der Waals surface area (Å²) < 4.78 is 38.9. The van der Waals surface area contributed by atoms with Crippen molar-refractivity contribution in [3.63, 3.8) is 0 Å². The van der Waals surface area contributed by atoms with Gasteiger partial charge in [0.1, 0.15) is 5.69 Å². The van der Waals surface area contributed by atoms with Crippen molar-refractivity contribution in [2.24, 2.45) is 0 Å². The van der Waals surface area contributed by atoms with Crippen LogP contribution in [0.25, 0.3) is 0 Å². The Kier molecular flexibility index (Phi) is 7.45. The van der Waals surface area contributed by atoms with Gasteiger partial charge in [-0.15, -0.1) is 0 Å². The Balaban J connectivity index is 1.51. The van der Waals surface area contributed by atoms with Crippen LogP contribution in [-0.4, -0.2) is 34.8 Å². The second kappa shape index (κ2) is 10.7. The van der Waals surface area contributed by atoms with Gasteiger partial charge in [-0.3, -0.25) is 14.6 Å². The molecule has 0 atom stereocenters. The Morgan fingerprint density at radius 1 is 0.914 bits per heavy atom. The highest BCUT2D eigenvalue weighted by molar-refractivity contribution is 6.04. The summed E-state index contributed by atoms with van der Waals surface area (Å²) in [4.78, 5) is 31.4. The molecule has 0 radical (unpaired) electrons. The summed E-state index contributed by atoms with van der Waals surface area (Å²) in [5, 5.41) is 5.92.